The third-order valence-corrected chi connectivity index (χ3v) is 5.55. The number of hydroxylamine groups is 1. The van der Waals surface area contributed by atoms with Gasteiger partial charge >= 0.3 is 0 Å². The molecule has 8 nitrogen and oxygen atoms in total. The molecule has 0 saturated carbocycles. The molecule has 1 atom stereocenters. The normalized spacial score (nSPS) is 17.8. The van der Waals surface area contributed by atoms with E-state index in [0.29, 0.717) is 31.2 Å². The van der Waals surface area contributed by atoms with E-state index in [4.69, 9.17) is 16.8 Å². The summed E-state index contributed by atoms with van der Waals surface area (Å²) in [7, 11) is -3.79. The highest BCUT2D eigenvalue weighted by molar-refractivity contribution is 7.87. The van der Waals surface area contributed by atoms with Crippen LogP contribution in [0.3, 0.4) is 0 Å². The third-order valence-electron chi connectivity index (χ3n) is 3.60. The van der Waals surface area contributed by atoms with E-state index in [2.05, 4.69) is 9.62 Å². The van der Waals surface area contributed by atoms with Crippen molar-refractivity contribution in [3.63, 3.8) is 0 Å². The van der Waals surface area contributed by atoms with Crippen molar-refractivity contribution in [1.82, 2.24) is 14.5 Å². The molecule has 3 N–H and O–H groups in total. The van der Waals surface area contributed by atoms with Gasteiger partial charge in [-0.1, -0.05) is 11.6 Å². The van der Waals surface area contributed by atoms with Crippen molar-refractivity contribution >= 4 is 33.4 Å². The van der Waals surface area contributed by atoms with Crippen LogP contribution in [0, 0.1) is 0 Å². The Morgan fingerprint density at radius 3 is 2.30 bits per heavy atom. The van der Waals surface area contributed by atoms with Crippen LogP contribution < -0.4 is 15.1 Å². The number of halogens is 1. The van der Waals surface area contributed by atoms with Gasteiger partial charge in [0.25, 0.3) is 16.1 Å². The average molecular weight is 363 g/mol. The Bertz CT molecular complexity index is 644. The number of hydrogen-bond acceptors (Lipinski definition) is 5. The lowest BCUT2D eigenvalue weighted by molar-refractivity contribution is -0.130. The quantitative estimate of drug-likeness (QED) is 0.512. The van der Waals surface area contributed by atoms with Crippen molar-refractivity contribution in [2.45, 2.75) is 13.0 Å². The third kappa shape index (κ3) is 4.55. The standard InChI is InChI=1S/C13H19ClN4O4S/c1-10(13(19)15-20)16-23(21,22)18-8-6-17(7-9-18)12-4-2-11(14)3-5-12/h2-5,10,16,20H,6-9H2,1H3,(H,15,19). The van der Waals surface area contributed by atoms with Crippen LogP contribution in [0.1, 0.15) is 6.92 Å². The molecule has 23 heavy (non-hydrogen) atoms. The molecule has 1 heterocycles. The van der Waals surface area contributed by atoms with Crippen LogP contribution in [-0.4, -0.2) is 56.1 Å². The Balaban J connectivity index is 1.95. The fourth-order valence-electron chi connectivity index (χ4n) is 2.29. The minimum atomic E-state index is -3.79. The Kier molecular flexibility index (Phi) is 5.82. The summed E-state index contributed by atoms with van der Waals surface area (Å²) in [4.78, 5) is 13.3. The lowest BCUT2D eigenvalue weighted by atomic mass is 10.2. The molecule has 1 aliphatic rings. The first kappa shape index (κ1) is 18.0. The van der Waals surface area contributed by atoms with Crippen LogP contribution in [0.5, 0.6) is 0 Å². The van der Waals surface area contributed by atoms with Gasteiger partial charge in [0.05, 0.1) is 0 Å². The van der Waals surface area contributed by atoms with Crippen molar-refractivity contribution in [3.05, 3.63) is 29.3 Å². The second-order valence-corrected chi connectivity index (χ2v) is 7.32. The van der Waals surface area contributed by atoms with E-state index < -0.39 is 22.2 Å². The summed E-state index contributed by atoms with van der Waals surface area (Å²) < 4.78 is 28.0. The molecule has 1 amide bonds. The highest BCUT2D eigenvalue weighted by Gasteiger charge is 2.29. The summed E-state index contributed by atoms with van der Waals surface area (Å²) in [6.45, 7) is 3.01. The molecular weight excluding hydrogens is 344 g/mol. The van der Waals surface area contributed by atoms with E-state index in [0.717, 1.165) is 5.69 Å². The van der Waals surface area contributed by atoms with Gasteiger partial charge in [-0.05, 0) is 31.2 Å². The first-order valence-corrected chi connectivity index (χ1v) is 8.87. The number of amides is 1. The highest BCUT2D eigenvalue weighted by Crippen LogP contribution is 2.20. The van der Waals surface area contributed by atoms with Crippen molar-refractivity contribution in [3.8, 4) is 0 Å². The molecule has 1 saturated heterocycles. The van der Waals surface area contributed by atoms with Crippen molar-refractivity contribution in [1.29, 1.82) is 0 Å². The smallest absolute Gasteiger partial charge is 0.280 e. The zero-order valence-corrected chi connectivity index (χ0v) is 14.1. The van der Waals surface area contributed by atoms with E-state index in [1.165, 1.54) is 16.7 Å². The molecule has 1 aromatic carbocycles. The molecular formula is C13H19ClN4O4S. The summed E-state index contributed by atoms with van der Waals surface area (Å²) in [5.74, 6) is -0.812. The molecule has 0 aromatic heterocycles. The van der Waals surface area contributed by atoms with E-state index in [9.17, 15) is 13.2 Å². The maximum absolute atomic E-state index is 12.2. The zero-order chi connectivity index (χ0) is 17.0. The fourth-order valence-corrected chi connectivity index (χ4v) is 3.76. The summed E-state index contributed by atoms with van der Waals surface area (Å²) >= 11 is 5.85. The minimum absolute atomic E-state index is 0.297. The minimum Gasteiger partial charge on any atom is -0.369 e. The van der Waals surface area contributed by atoms with Gasteiger partial charge in [-0.15, -0.1) is 0 Å². The average Bonchev–Trinajstić information content (AvgIpc) is 2.54. The maximum Gasteiger partial charge on any atom is 0.280 e. The van der Waals surface area contributed by atoms with Crippen LogP contribution in [0.2, 0.25) is 5.02 Å². The van der Waals surface area contributed by atoms with Gasteiger partial charge in [-0.2, -0.15) is 17.4 Å². The number of nitrogens with one attached hydrogen (secondary N) is 2. The van der Waals surface area contributed by atoms with Gasteiger partial charge in [0.1, 0.15) is 6.04 Å². The van der Waals surface area contributed by atoms with Crippen molar-refractivity contribution in [2.24, 2.45) is 0 Å². The number of carbonyl (C=O) groups is 1. The summed E-state index contributed by atoms with van der Waals surface area (Å²) in [6.07, 6.45) is 0. The predicted molar refractivity (Wildman–Crippen MR) is 86.7 cm³/mol. The van der Waals surface area contributed by atoms with Gasteiger partial charge in [0, 0.05) is 36.9 Å². The van der Waals surface area contributed by atoms with E-state index in [-0.39, 0.29) is 0 Å². The number of anilines is 1. The Morgan fingerprint density at radius 2 is 1.78 bits per heavy atom. The van der Waals surface area contributed by atoms with Crippen LogP contribution >= 0.6 is 11.6 Å². The lowest BCUT2D eigenvalue weighted by Crippen LogP contribution is -2.55. The molecule has 1 aliphatic heterocycles. The SMILES string of the molecule is CC(NS(=O)(=O)N1CCN(c2ccc(Cl)cc2)CC1)C(=O)NO. The lowest BCUT2D eigenvalue weighted by Gasteiger charge is -2.35. The first-order chi connectivity index (χ1) is 10.8. The second kappa shape index (κ2) is 7.45. The van der Waals surface area contributed by atoms with Crippen LogP contribution in [0.25, 0.3) is 0 Å². The van der Waals surface area contributed by atoms with E-state index >= 15 is 0 Å². The first-order valence-electron chi connectivity index (χ1n) is 7.05. The number of rotatable bonds is 5. The predicted octanol–water partition coefficient (Wildman–Crippen LogP) is 0.190. The fraction of sp³-hybridized carbons (Fsp3) is 0.462. The van der Waals surface area contributed by atoms with Crippen LogP contribution in [0.4, 0.5) is 5.69 Å². The Morgan fingerprint density at radius 1 is 1.22 bits per heavy atom. The summed E-state index contributed by atoms with van der Waals surface area (Å²) in [5, 5.41) is 9.18. The number of nitrogens with zero attached hydrogens (tertiary/aromatic N) is 2. The number of carbonyl (C=O) groups excluding carboxylic acids is 1. The van der Waals surface area contributed by atoms with E-state index in [1.807, 2.05) is 12.1 Å². The van der Waals surface area contributed by atoms with Gasteiger partial charge in [-0.3, -0.25) is 10.0 Å². The Hall–Kier alpha value is -1.39. The molecule has 0 radical (unpaired) electrons. The molecule has 1 aromatic rings. The zero-order valence-electron chi connectivity index (χ0n) is 12.6. The molecule has 0 spiro atoms. The van der Waals surface area contributed by atoms with E-state index in [1.54, 1.807) is 12.1 Å². The topological polar surface area (TPSA) is 102 Å². The second-order valence-electron chi connectivity index (χ2n) is 5.18. The largest absolute Gasteiger partial charge is 0.369 e. The monoisotopic (exact) mass is 362 g/mol. The molecule has 2 rings (SSSR count). The van der Waals surface area contributed by atoms with Gasteiger partial charge in [0.15, 0.2) is 0 Å². The van der Waals surface area contributed by atoms with Crippen LogP contribution in [0.15, 0.2) is 24.3 Å². The molecule has 10 heteroatoms. The molecule has 0 bridgehead atoms. The van der Waals surface area contributed by atoms with Gasteiger partial charge in [0.2, 0.25) is 0 Å². The Labute approximate surface area is 140 Å². The molecule has 0 aliphatic carbocycles. The molecule has 1 fully saturated rings. The number of hydrogen-bond donors (Lipinski definition) is 3. The molecule has 128 valence electrons. The van der Waals surface area contributed by atoms with Crippen molar-refractivity contribution in [2.75, 3.05) is 31.1 Å². The van der Waals surface area contributed by atoms with Gasteiger partial charge in [-0.25, -0.2) is 5.48 Å². The molecule has 1 unspecified atom stereocenters. The van der Waals surface area contributed by atoms with Crippen molar-refractivity contribution < 1.29 is 18.4 Å². The number of benzene rings is 1. The summed E-state index contributed by atoms with van der Waals surface area (Å²) in [6, 6.07) is 6.30. The highest BCUT2D eigenvalue weighted by atomic mass is 35.5. The van der Waals surface area contributed by atoms with Gasteiger partial charge < -0.3 is 4.90 Å². The maximum atomic E-state index is 12.2. The van der Waals surface area contributed by atoms with Crippen LogP contribution in [-0.2, 0) is 15.0 Å². The number of piperazine rings is 1. The summed E-state index contributed by atoms with van der Waals surface area (Å²) in [5.41, 5.74) is 2.40.